The molecule has 0 unspecified atom stereocenters. The zero-order chi connectivity index (χ0) is 15.5. The van der Waals surface area contributed by atoms with Gasteiger partial charge in [0.15, 0.2) is 0 Å². The smallest absolute Gasteiger partial charge is 0.261 e. The zero-order valence-corrected chi connectivity index (χ0v) is 12.9. The molecule has 0 aliphatic carbocycles. The maximum atomic E-state index is 11.8. The molecule has 0 bridgehead atoms. The first-order valence-electron chi connectivity index (χ1n) is 6.36. The number of nitrogens with zero attached hydrogens (tertiary/aromatic N) is 3. The van der Waals surface area contributed by atoms with Gasteiger partial charge in [0, 0.05) is 6.04 Å². The third-order valence-corrected chi connectivity index (χ3v) is 4.57. The third kappa shape index (κ3) is 4.01. The van der Waals surface area contributed by atoms with E-state index in [-0.39, 0.29) is 24.0 Å². The second-order valence-electron chi connectivity index (χ2n) is 4.75. The van der Waals surface area contributed by atoms with Crippen molar-refractivity contribution in [1.82, 2.24) is 14.5 Å². The fourth-order valence-corrected chi connectivity index (χ4v) is 3.14. The lowest BCUT2D eigenvalue weighted by Crippen LogP contribution is -2.35. The monoisotopic (exact) mass is 304 g/mol. The molecular formula is C11H20N4O4S. The molecule has 1 aromatic rings. The second kappa shape index (κ2) is 6.31. The molecule has 8 nitrogen and oxygen atoms in total. The molecule has 0 aliphatic rings. The summed E-state index contributed by atoms with van der Waals surface area (Å²) in [6.45, 7) is 6.86. The van der Waals surface area contributed by atoms with Crippen LogP contribution in [0.5, 0.6) is 0 Å². The molecule has 0 aromatic carbocycles. The van der Waals surface area contributed by atoms with Crippen LogP contribution in [0.3, 0.4) is 0 Å². The minimum atomic E-state index is -3.41. The first-order chi connectivity index (χ1) is 9.18. The van der Waals surface area contributed by atoms with Crippen molar-refractivity contribution in [1.29, 1.82) is 0 Å². The third-order valence-electron chi connectivity index (χ3n) is 3.09. The van der Waals surface area contributed by atoms with Crippen molar-refractivity contribution < 1.29 is 13.3 Å². The van der Waals surface area contributed by atoms with Gasteiger partial charge in [0.1, 0.15) is 11.4 Å². The van der Waals surface area contributed by atoms with Gasteiger partial charge in [-0.1, -0.05) is 6.92 Å². The molecule has 1 heterocycles. The molecule has 0 spiro atoms. The van der Waals surface area contributed by atoms with Gasteiger partial charge < -0.3 is 0 Å². The first-order valence-corrected chi connectivity index (χ1v) is 8.01. The van der Waals surface area contributed by atoms with Crippen LogP contribution in [0, 0.1) is 24.0 Å². The van der Waals surface area contributed by atoms with Gasteiger partial charge >= 0.3 is 5.69 Å². The molecule has 0 aliphatic heterocycles. The fraction of sp³-hybridized carbons (Fsp3) is 0.727. The number of aromatic nitrogens is 2. The van der Waals surface area contributed by atoms with E-state index in [0.717, 1.165) is 0 Å². The number of sulfonamides is 1. The number of hydrogen-bond donors (Lipinski definition) is 1. The van der Waals surface area contributed by atoms with Crippen LogP contribution >= 0.6 is 0 Å². The molecule has 0 fully saturated rings. The van der Waals surface area contributed by atoms with Gasteiger partial charge in [-0.05, 0) is 27.2 Å². The Morgan fingerprint density at radius 3 is 2.50 bits per heavy atom. The van der Waals surface area contributed by atoms with Gasteiger partial charge in [-0.2, -0.15) is 5.10 Å². The molecule has 0 amide bonds. The van der Waals surface area contributed by atoms with E-state index in [4.69, 9.17) is 0 Å². The van der Waals surface area contributed by atoms with Crippen molar-refractivity contribution in [2.75, 3.05) is 5.75 Å². The van der Waals surface area contributed by atoms with E-state index in [1.807, 2.05) is 6.92 Å². The molecule has 20 heavy (non-hydrogen) atoms. The van der Waals surface area contributed by atoms with Crippen LogP contribution in [0.15, 0.2) is 0 Å². The summed E-state index contributed by atoms with van der Waals surface area (Å²) in [5.74, 6) is -0.156. The summed E-state index contributed by atoms with van der Waals surface area (Å²) in [4.78, 5) is 10.4. The van der Waals surface area contributed by atoms with Crippen LogP contribution in [-0.4, -0.2) is 34.9 Å². The Kier molecular flexibility index (Phi) is 5.23. The SMILES string of the molecule is CC[C@H](C)NS(=O)(=O)CCn1nc(C)c([N+](=O)[O-])c1C. The van der Waals surface area contributed by atoms with Crippen LogP contribution in [0.4, 0.5) is 5.69 Å². The van der Waals surface area contributed by atoms with Gasteiger partial charge in [0.2, 0.25) is 10.0 Å². The Morgan fingerprint density at radius 2 is 2.05 bits per heavy atom. The molecular weight excluding hydrogens is 284 g/mol. The summed E-state index contributed by atoms with van der Waals surface area (Å²) in [6, 6.07) is -0.130. The predicted octanol–water partition coefficient (Wildman–Crippen LogP) is 1.13. The van der Waals surface area contributed by atoms with E-state index < -0.39 is 14.9 Å². The highest BCUT2D eigenvalue weighted by Crippen LogP contribution is 2.21. The Morgan fingerprint density at radius 1 is 1.45 bits per heavy atom. The first kappa shape index (κ1) is 16.6. The van der Waals surface area contributed by atoms with E-state index in [0.29, 0.717) is 17.8 Å². The molecule has 114 valence electrons. The number of nitro groups is 1. The summed E-state index contributed by atoms with van der Waals surface area (Å²) in [5, 5.41) is 14.9. The summed E-state index contributed by atoms with van der Waals surface area (Å²) in [5.41, 5.74) is 0.600. The van der Waals surface area contributed by atoms with E-state index >= 15 is 0 Å². The Hall–Kier alpha value is -1.48. The summed E-state index contributed by atoms with van der Waals surface area (Å²) >= 11 is 0. The van der Waals surface area contributed by atoms with Gasteiger partial charge in [0.05, 0.1) is 17.2 Å². The molecule has 1 N–H and O–H groups in total. The molecule has 1 atom stereocenters. The Balaban J connectivity index is 2.81. The van der Waals surface area contributed by atoms with Crippen molar-refractivity contribution in [2.45, 2.75) is 46.7 Å². The van der Waals surface area contributed by atoms with Crippen molar-refractivity contribution in [2.24, 2.45) is 0 Å². The van der Waals surface area contributed by atoms with Crippen molar-refractivity contribution in [3.63, 3.8) is 0 Å². The van der Waals surface area contributed by atoms with Gasteiger partial charge in [-0.25, -0.2) is 13.1 Å². The molecule has 0 radical (unpaired) electrons. The Labute approximate surface area is 118 Å². The number of rotatable bonds is 7. The molecule has 0 saturated heterocycles. The lowest BCUT2D eigenvalue weighted by atomic mass is 10.3. The van der Waals surface area contributed by atoms with Crippen LogP contribution in [0.25, 0.3) is 0 Å². The standard InChI is InChI=1S/C11H20N4O4S/c1-5-8(2)13-20(18,19)7-6-14-10(4)11(15(16)17)9(3)12-14/h8,13H,5-7H2,1-4H3/t8-/m0/s1. The van der Waals surface area contributed by atoms with E-state index in [9.17, 15) is 18.5 Å². The van der Waals surface area contributed by atoms with E-state index in [2.05, 4.69) is 9.82 Å². The minimum absolute atomic E-state index is 0.0581. The van der Waals surface area contributed by atoms with E-state index in [1.165, 1.54) is 11.6 Å². The molecule has 0 saturated carbocycles. The zero-order valence-electron chi connectivity index (χ0n) is 12.1. The summed E-state index contributed by atoms with van der Waals surface area (Å²) < 4.78 is 27.5. The summed E-state index contributed by atoms with van der Waals surface area (Å²) in [7, 11) is -3.41. The maximum absolute atomic E-state index is 11.8. The average molecular weight is 304 g/mol. The highest BCUT2D eigenvalue weighted by atomic mass is 32.2. The Bertz CT molecular complexity index is 594. The maximum Gasteiger partial charge on any atom is 0.312 e. The predicted molar refractivity (Wildman–Crippen MR) is 75.0 cm³/mol. The largest absolute Gasteiger partial charge is 0.312 e. The highest BCUT2D eigenvalue weighted by molar-refractivity contribution is 7.89. The number of nitrogens with one attached hydrogen (secondary N) is 1. The van der Waals surface area contributed by atoms with Crippen LogP contribution < -0.4 is 4.72 Å². The fourth-order valence-electron chi connectivity index (χ4n) is 1.82. The quantitative estimate of drug-likeness (QED) is 0.600. The lowest BCUT2D eigenvalue weighted by Gasteiger charge is -2.12. The number of hydrogen-bond acceptors (Lipinski definition) is 5. The van der Waals surface area contributed by atoms with Crippen molar-refractivity contribution >= 4 is 15.7 Å². The van der Waals surface area contributed by atoms with Gasteiger partial charge in [-0.15, -0.1) is 0 Å². The number of aryl methyl sites for hydroxylation is 2. The average Bonchev–Trinajstić information content (AvgIpc) is 2.61. The van der Waals surface area contributed by atoms with Gasteiger partial charge in [-0.3, -0.25) is 14.8 Å². The minimum Gasteiger partial charge on any atom is -0.261 e. The topological polar surface area (TPSA) is 107 Å². The van der Waals surface area contributed by atoms with Crippen LogP contribution in [0.2, 0.25) is 0 Å². The van der Waals surface area contributed by atoms with Crippen LogP contribution in [-0.2, 0) is 16.6 Å². The molecule has 9 heteroatoms. The van der Waals surface area contributed by atoms with Crippen LogP contribution in [0.1, 0.15) is 31.7 Å². The molecule has 1 aromatic heterocycles. The second-order valence-corrected chi connectivity index (χ2v) is 6.62. The summed E-state index contributed by atoms with van der Waals surface area (Å²) in [6.07, 6.45) is 0.699. The van der Waals surface area contributed by atoms with Crippen molar-refractivity contribution in [3.05, 3.63) is 21.5 Å². The van der Waals surface area contributed by atoms with Gasteiger partial charge in [0.25, 0.3) is 0 Å². The van der Waals surface area contributed by atoms with Crippen molar-refractivity contribution in [3.8, 4) is 0 Å². The normalized spacial score (nSPS) is 13.4. The highest BCUT2D eigenvalue weighted by Gasteiger charge is 2.22. The molecule has 1 rings (SSSR count). The lowest BCUT2D eigenvalue weighted by molar-refractivity contribution is -0.386. The van der Waals surface area contributed by atoms with E-state index in [1.54, 1.807) is 13.8 Å².